The molecule has 148 valence electrons. The van der Waals surface area contributed by atoms with Crippen LogP contribution < -0.4 is 4.72 Å². The number of hydrogen-bond acceptors (Lipinski definition) is 5. The first-order valence-corrected chi connectivity index (χ1v) is 11.4. The van der Waals surface area contributed by atoms with E-state index >= 15 is 0 Å². The second kappa shape index (κ2) is 8.66. The quantitative estimate of drug-likeness (QED) is 0.707. The summed E-state index contributed by atoms with van der Waals surface area (Å²) in [5, 5.41) is 0. The molecular weight excluding hydrogens is 378 g/mol. The van der Waals surface area contributed by atoms with Crippen LogP contribution in [0.1, 0.15) is 25.7 Å². The average molecular weight is 406 g/mol. The van der Waals surface area contributed by atoms with Gasteiger partial charge >= 0.3 is 10.2 Å². The molecule has 1 saturated heterocycles. The van der Waals surface area contributed by atoms with Crippen LogP contribution in [0.25, 0.3) is 0 Å². The van der Waals surface area contributed by atoms with Gasteiger partial charge in [0.25, 0.3) is 0 Å². The zero-order chi connectivity index (χ0) is 19.4. The molecule has 1 fully saturated rings. The zero-order valence-electron chi connectivity index (χ0n) is 15.4. The maximum Gasteiger partial charge on any atom is 0.301 e. The van der Waals surface area contributed by atoms with Crippen LogP contribution in [0.4, 0.5) is 5.69 Å². The van der Waals surface area contributed by atoms with Crippen LogP contribution in [-0.2, 0) is 25.0 Å². The Morgan fingerprint density at radius 2 is 1.73 bits per heavy atom. The number of anilines is 1. The molecule has 1 aliphatic heterocycles. The lowest BCUT2D eigenvalue weighted by molar-refractivity contribution is 0.00950. The van der Waals surface area contributed by atoms with Crippen LogP contribution in [0.2, 0.25) is 0 Å². The van der Waals surface area contributed by atoms with Gasteiger partial charge in [-0.3, -0.25) is 4.72 Å². The van der Waals surface area contributed by atoms with Crippen molar-refractivity contribution in [1.29, 1.82) is 0 Å². The van der Waals surface area contributed by atoms with Crippen molar-refractivity contribution in [3.8, 4) is 0 Å². The van der Waals surface area contributed by atoms with Crippen LogP contribution in [0.3, 0.4) is 0 Å². The molecule has 1 heterocycles. The third-order valence-electron chi connectivity index (χ3n) is 4.33. The minimum Gasteiger partial charge on any atom is -0.378 e. The van der Waals surface area contributed by atoms with Gasteiger partial charge in [0.2, 0.25) is 10.0 Å². The van der Waals surface area contributed by atoms with Crippen LogP contribution in [-0.4, -0.2) is 65.8 Å². The zero-order valence-corrected chi connectivity index (χ0v) is 17.0. The molecule has 0 spiro atoms. The standard InChI is InChI=1S/C16H27N3O5S2/c1-18(2)26(22,23)17-14-7-9-16(10-8-14)25(20,21)19(3)12-11-15-6-4-5-13-24-15/h7-10,15,17H,4-6,11-13H2,1-3H3. The number of nitrogens with one attached hydrogen (secondary N) is 1. The molecule has 1 N–H and O–H groups in total. The molecule has 26 heavy (non-hydrogen) atoms. The fraction of sp³-hybridized carbons (Fsp3) is 0.625. The summed E-state index contributed by atoms with van der Waals surface area (Å²) in [7, 11) is -2.89. The highest BCUT2D eigenvalue weighted by molar-refractivity contribution is 7.90. The number of rotatable bonds is 8. The summed E-state index contributed by atoms with van der Waals surface area (Å²) in [6.07, 6.45) is 3.93. The minimum atomic E-state index is -3.63. The van der Waals surface area contributed by atoms with Gasteiger partial charge in [-0.15, -0.1) is 0 Å². The molecule has 1 aromatic carbocycles. The lowest BCUT2D eigenvalue weighted by atomic mass is 10.1. The molecule has 8 nitrogen and oxygen atoms in total. The summed E-state index contributed by atoms with van der Waals surface area (Å²) >= 11 is 0. The topological polar surface area (TPSA) is 96.0 Å². The van der Waals surface area contributed by atoms with E-state index < -0.39 is 20.2 Å². The van der Waals surface area contributed by atoms with E-state index in [1.54, 1.807) is 7.05 Å². The van der Waals surface area contributed by atoms with E-state index in [-0.39, 0.29) is 11.0 Å². The summed E-state index contributed by atoms with van der Waals surface area (Å²) in [5.41, 5.74) is 0.302. The average Bonchev–Trinajstić information content (AvgIpc) is 2.60. The van der Waals surface area contributed by atoms with Gasteiger partial charge in [0.05, 0.1) is 11.0 Å². The first-order chi connectivity index (χ1) is 12.1. The van der Waals surface area contributed by atoms with E-state index in [4.69, 9.17) is 4.74 Å². The molecule has 2 rings (SSSR count). The highest BCUT2D eigenvalue weighted by Gasteiger charge is 2.23. The maximum absolute atomic E-state index is 12.6. The first-order valence-electron chi connectivity index (χ1n) is 8.51. The Hall–Kier alpha value is -1.20. The van der Waals surface area contributed by atoms with Crippen molar-refractivity contribution in [2.45, 2.75) is 36.7 Å². The van der Waals surface area contributed by atoms with Gasteiger partial charge in [-0.1, -0.05) is 0 Å². The van der Waals surface area contributed by atoms with Crippen molar-refractivity contribution >= 4 is 25.9 Å². The van der Waals surface area contributed by atoms with Crippen molar-refractivity contribution in [2.75, 3.05) is 39.0 Å². The van der Waals surface area contributed by atoms with E-state index in [1.165, 1.54) is 42.7 Å². The molecule has 0 saturated carbocycles. The lowest BCUT2D eigenvalue weighted by Crippen LogP contribution is -2.31. The predicted octanol–water partition coefficient (Wildman–Crippen LogP) is 1.48. The van der Waals surface area contributed by atoms with E-state index in [0.717, 1.165) is 30.2 Å². The van der Waals surface area contributed by atoms with Crippen LogP contribution in [0.15, 0.2) is 29.2 Å². The lowest BCUT2D eigenvalue weighted by Gasteiger charge is -2.25. The number of benzene rings is 1. The van der Waals surface area contributed by atoms with E-state index in [9.17, 15) is 16.8 Å². The molecule has 0 amide bonds. The third kappa shape index (κ3) is 5.40. The van der Waals surface area contributed by atoms with Gasteiger partial charge < -0.3 is 4.74 Å². The molecule has 0 aliphatic carbocycles. The van der Waals surface area contributed by atoms with Gasteiger partial charge in [-0.2, -0.15) is 12.7 Å². The molecule has 1 unspecified atom stereocenters. The van der Waals surface area contributed by atoms with Crippen molar-refractivity contribution in [1.82, 2.24) is 8.61 Å². The smallest absolute Gasteiger partial charge is 0.301 e. The molecular formula is C16H27N3O5S2. The monoisotopic (exact) mass is 405 g/mol. The molecule has 0 radical (unpaired) electrons. The van der Waals surface area contributed by atoms with E-state index in [2.05, 4.69) is 4.72 Å². The molecule has 1 atom stereocenters. The third-order valence-corrected chi connectivity index (χ3v) is 7.66. The fourth-order valence-electron chi connectivity index (χ4n) is 2.60. The summed E-state index contributed by atoms with van der Waals surface area (Å²) in [6, 6.07) is 5.67. The Bertz CT molecular complexity index is 786. The number of ether oxygens (including phenoxy) is 1. The van der Waals surface area contributed by atoms with Gasteiger partial charge in [0, 0.05) is 40.0 Å². The molecule has 10 heteroatoms. The Kier molecular flexibility index (Phi) is 7.03. The molecule has 0 bridgehead atoms. The highest BCUT2D eigenvalue weighted by Crippen LogP contribution is 2.21. The molecule has 1 aliphatic rings. The Morgan fingerprint density at radius 3 is 2.27 bits per heavy atom. The summed E-state index contributed by atoms with van der Waals surface area (Å²) in [5.74, 6) is 0. The second-order valence-corrected chi connectivity index (χ2v) is 10.4. The maximum atomic E-state index is 12.6. The normalized spacial score (nSPS) is 19.0. The SMILES string of the molecule is CN(C)S(=O)(=O)Nc1ccc(S(=O)(=O)N(C)CCC2CCCCO2)cc1. The minimum absolute atomic E-state index is 0.115. The summed E-state index contributed by atoms with van der Waals surface area (Å²) < 4.78 is 59.3. The Balaban J connectivity index is 2.01. The van der Waals surface area contributed by atoms with Gasteiger partial charge in [-0.05, 0) is 49.9 Å². The Morgan fingerprint density at radius 1 is 1.08 bits per heavy atom. The van der Waals surface area contributed by atoms with Gasteiger partial charge in [-0.25, -0.2) is 12.7 Å². The Labute approximate surface area is 156 Å². The van der Waals surface area contributed by atoms with E-state index in [1.807, 2.05) is 0 Å². The summed E-state index contributed by atoms with van der Waals surface area (Å²) in [6.45, 7) is 1.12. The summed E-state index contributed by atoms with van der Waals surface area (Å²) in [4.78, 5) is 0.123. The molecule has 0 aromatic heterocycles. The van der Waals surface area contributed by atoms with Crippen molar-refractivity contribution in [3.63, 3.8) is 0 Å². The number of hydrogen-bond donors (Lipinski definition) is 1. The van der Waals surface area contributed by atoms with Crippen LogP contribution >= 0.6 is 0 Å². The van der Waals surface area contributed by atoms with Crippen LogP contribution in [0, 0.1) is 0 Å². The number of sulfonamides is 1. The predicted molar refractivity (Wildman–Crippen MR) is 101 cm³/mol. The van der Waals surface area contributed by atoms with Gasteiger partial charge in [0.1, 0.15) is 0 Å². The van der Waals surface area contributed by atoms with E-state index in [0.29, 0.717) is 18.7 Å². The second-order valence-electron chi connectivity index (χ2n) is 6.52. The highest BCUT2D eigenvalue weighted by atomic mass is 32.2. The molecule has 1 aromatic rings. The largest absolute Gasteiger partial charge is 0.378 e. The fourth-order valence-corrected chi connectivity index (χ4v) is 4.40. The number of nitrogens with zero attached hydrogens (tertiary/aromatic N) is 2. The van der Waals surface area contributed by atoms with Crippen molar-refractivity contribution in [3.05, 3.63) is 24.3 Å². The van der Waals surface area contributed by atoms with Crippen molar-refractivity contribution in [2.24, 2.45) is 0 Å². The van der Waals surface area contributed by atoms with Crippen LogP contribution in [0.5, 0.6) is 0 Å². The first kappa shape index (κ1) is 21.1. The van der Waals surface area contributed by atoms with Crippen molar-refractivity contribution < 1.29 is 21.6 Å². The van der Waals surface area contributed by atoms with Gasteiger partial charge in [0.15, 0.2) is 0 Å².